The SMILES string of the molecule is COc1ccc(OC)c(C2C(=C(O)c3ccccc3)C(=O)C(=O)N2CCN(C)C)c1. The fourth-order valence-corrected chi connectivity index (χ4v) is 3.55. The van der Waals surface area contributed by atoms with E-state index in [-0.39, 0.29) is 11.3 Å². The number of nitrogens with zero attached hydrogens (tertiary/aromatic N) is 2. The lowest BCUT2D eigenvalue weighted by Crippen LogP contribution is -2.35. The number of hydrogen-bond donors (Lipinski definition) is 1. The fraction of sp³-hybridized carbons (Fsp3) is 0.304. The molecule has 1 atom stereocenters. The maximum Gasteiger partial charge on any atom is 0.295 e. The molecule has 7 nitrogen and oxygen atoms in total. The monoisotopic (exact) mass is 410 g/mol. The summed E-state index contributed by atoms with van der Waals surface area (Å²) < 4.78 is 10.9. The molecule has 2 aromatic rings. The Kier molecular flexibility index (Phi) is 6.42. The lowest BCUT2D eigenvalue weighted by molar-refractivity contribution is -0.140. The third-order valence-electron chi connectivity index (χ3n) is 5.11. The van der Waals surface area contributed by atoms with Crippen LogP contribution in [0.1, 0.15) is 17.2 Å². The molecule has 1 saturated heterocycles. The summed E-state index contributed by atoms with van der Waals surface area (Å²) in [7, 11) is 6.84. The number of aliphatic hydroxyl groups is 1. The number of likely N-dealkylation sites (tertiary alicyclic amines) is 1. The summed E-state index contributed by atoms with van der Waals surface area (Å²) in [6.07, 6.45) is 0. The molecule has 1 unspecified atom stereocenters. The first-order valence-corrected chi connectivity index (χ1v) is 9.59. The highest BCUT2D eigenvalue weighted by Crippen LogP contribution is 2.43. The molecule has 1 aliphatic rings. The van der Waals surface area contributed by atoms with Crippen LogP contribution in [0.3, 0.4) is 0 Å². The van der Waals surface area contributed by atoms with Crippen molar-refractivity contribution in [3.05, 3.63) is 65.2 Å². The van der Waals surface area contributed by atoms with Crippen molar-refractivity contribution in [3.8, 4) is 11.5 Å². The zero-order chi connectivity index (χ0) is 21.8. The number of ether oxygens (including phenoxy) is 2. The molecular formula is C23H26N2O5. The van der Waals surface area contributed by atoms with Crippen LogP contribution >= 0.6 is 0 Å². The number of likely N-dealkylation sites (N-methyl/N-ethyl adjacent to an activating group) is 1. The van der Waals surface area contributed by atoms with Crippen molar-refractivity contribution < 1.29 is 24.2 Å². The highest BCUT2D eigenvalue weighted by atomic mass is 16.5. The molecule has 1 amide bonds. The standard InChI is InChI=1S/C23H26N2O5/c1-24(2)12-13-25-20(17-14-16(29-3)10-11-18(17)30-4)19(22(27)23(25)28)21(26)15-8-6-5-7-9-15/h5-11,14,20,26H,12-13H2,1-4H3. The summed E-state index contributed by atoms with van der Waals surface area (Å²) >= 11 is 0. The molecule has 158 valence electrons. The summed E-state index contributed by atoms with van der Waals surface area (Å²) in [4.78, 5) is 29.4. The Morgan fingerprint density at radius 1 is 1.07 bits per heavy atom. The number of benzene rings is 2. The number of carbonyl (C=O) groups excluding carboxylic acids is 2. The lowest BCUT2D eigenvalue weighted by atomic mass is 9.94. The number of aliphatic hydroxyl groups excluding tert-OH is 1. The van der Waals surface area contributed by atoms with E-state index in [9.17, 15) is 14.7 Å². The number of ketones is 1. The first-order chi connectivity index (χ1) is 14.4. The largest absolute Gasteiger partial charge is 0.507 e. The van der Waals surface area contributed by atoms with Gasteiger partial charge in [0.25, 0.3) is 11.7 Å². The maximum atomic E-state index is 13.0. The summed E-state index contributed by atoms with van der Waals surface area (Å²) in [5.74, 6) is -0.523. The van der Waals surface area contributed by atoms with E-state index in [2.05, 4.69) is 0 Å². The van der Waals surface area contributed by atoms with E-state index in [1.807, 2.05) is 25.1 Å². The second-order valence-corrected chi connectivity index (χ2v) is 7.27. The van der Waals surface area contributed by atoms with Crippen LogP contribution in [-0.2, 0) is 9.59 Å². The minimum Gasteiger partial charge on any atom is -0.507 e. The van der Waals surface area contributed by atoms with E-state index in [1.54, 1.807) is 49.6 Å². The molecule has 1 N–H and O–H groups in total. The molecule has 7 heteroatoms. The normalized spacial score (nSPS) is 18.2. The number of methoxy groups -OCH3 is 2. The van der Waals surface area contributed by atoms with Gasteiger partial charge in [-0.2, -0.15) is 0 Å². The molecule has 1 aliphatic heterocycles. The highest BCUT2D eigenvalue weighted by Gasteiger charge is 2.47. The molecule has 0 saturated carbocycles. The Hall–Kier alpha value is -3.32. The van der Waals surface area contributed by atoms with Crippen molar-refractivity contribution in [1.82, 2.24) is 9.80 Å². The van der Waals surface area contributed by atoms with Crippen LogP contribution in [0.2, 0.25) is 0 Å². The zero-order valence-corrected chi connectivity index (χ0v) is 17.6. The number of amides is 1. The van der Waals surface area contributed by atoms with Gasteiger partial charge in [0.15, 0.2) is 0 Å². The van der Waals surface area contributed by atoms with Crippen LogP contribution in [0.4, 0.5) is 0 Å². The zero-order valence-electron chi connectivity index (χ0n) is 17.6. The average molecular weight is 410 g/mol. The van der Waals surface area contributed by atoms with Crippen LogP contribution in [0.25, 0.3) is 5.76 Å². The van der Waals surface area contributed by atoms with Gasteiger partial charge in [0.1, 0.15) is 17.3 Å². The second kappa shape index (κ2) is 9.00. The Labute approximate surface area is 176 Å². The predicted molar refractivity (Wildman–Crippen MR) is 114 cm³/mol. The molecule has 0 aliphatic carbocycles. The molecule has 0 bridgehead atoms. The Bertz CT molecular complexity index is 969. The van der Waals surface area contributed by atoms with Gasteiger partial charge in [-0.05, 0) is 32.3 Å². The Morgan fingerprint density at radius 3 is 2.37 bits per heavy atom. The fourth-order valence-electron chi connectivity index (χ4n) is 3.55. The molecule has 2 aromatic carbocycles. The minimum absolute atomic E-state index is 0.0384. The van der Waals surface area contributed by atoms with Crippen molar-refractivity contribution >= 4 is 17.4 Å². The summed E-state index contributed by atoms with van der Waals surface area (Å²) in [6, 6.07) is 13.1. The van der Waals surface area contributed by atoms with Gasteiger partial charge < -0.3 is 24.4 Å². The average Bonchev–Trinajstić information content (AvgIpc) is 3.01. The molecule has 0 radical (unpaired) electrons. The number of carbonyl (C=O) groups is 2. The molecule has 3 rings (SSSR count). The first-order valence-electron chi connectivity index (χ1n) is 9.59. The van der Waals surface area contributed by atoms with Crippen LogP contribution in [-0.4, -0.2) is 68.0 Å². The number of hydrogen-bond acceptors (Lipinski definition) is 6. The van der Waals surface area contributed by atoms with E-state index >= 15 is 0 Å². The van der Waals surface area contributed by atoms with Crippen LogP contribution in [0, 0.1) is 0 Å². The third kappa shape index (κ3) is 4.02. The van der Waals surface area contributed by atoms with Crippen LogP contribution < -0.4 is 9.47 Å². The molecule has 30 heavy (non-hydrogen) atoms. The predicted octanol–water partition coefficient (Wildman–Crippen LogP) is 2.69. The number of Topliss-reactive ketones (excluding diaryl/α,β-unsaturated/α-hetero) is 1. The van der Waals surface area contributed by atoms with E-state index in [1.165, 1.54) is 12.0 Å². The van der Waals surface area contributed by atoms with Gasteiger partial charge in [-0.3, -0.25) is 9.59 Å². The quantitative estimate of drug-likeness (QED) is 0.430. The topological polar surface area (TPSA) is 79.3 Å². The van der Waals surface area contributed by atoms with Crippen LogP contribution in [0.15, 0.2) is 54.1 Å². The molecule has 1 fully saturated rings. The Morgan fingerprint density at radius 2 is 1.77 bits per heavy atom. The van der Waals surface area contributed by atoms with Crippen molar-refractivity contribution in [3.63, 3.8) is 0 Å². The molecule has 1 heterocycles. The van der Waals surface area contributed by atoms with Crippen molar-refractivity contribution in [2.45, 2.75) is 6.04 Å². The van der Waals surface area contributed by atoms with Gasteiger partial charge >= 0.3 is 0 Å². The number of rotatable bonds is 7. The van der Waals surface area contributed by atoms with Crippen LogP contribution in [0.5, 0.6) is 11.5 Å². The highest BCUT2D eigenvalue weighted by molar-refractivity contribution is 6.46. The van der Waals surface area contributed by atoms with Gasteiger partial charge in [0.05, 0.1) is 25.8 Å². The smallest absolute Gasteiger partial charge is 0.295 e. The lowest BCUT2D eigenvalue weighted by Gasteiger charge is -2.28. The van der Waals surface area contributed by atoms with Gasteiger partial charge in [-0.1, -0.05) is 30.3 Å². The van der Waals surface area contributed by atoms with Gasteiger partial charge in [-0.25, -0.2) is 0 Å². The van der Waals surface area contributed by atoms with Crippen molar-refractivity contribution in [2.24, 2.45) is 0 Å². The van der Waals surface area contributed by atoms with Crippen molar-refractivity contribution in [2.75, 3.05) is 41.4 Å². The van der Waals surface area contributed by atoms with Crippen molar-refractivity contribution in [1.29, 1.82) is 0 Å². The molecule has 0 spiro atoms. The summed E-state index contributed by atoms with van der Waals surface area (Å²) in [5.41, 5.74) is 1.08. The van der Waals surface area contributed by atoms with E-state index in [0.717, 1.165) is 0 Å². The molecular weight excluding hydrogens is 384 g/mol. The minimum atomic E-state index is -0.796. The Balaban J connectivity index is 2.23. The van der Waals surface area contributed by atoms with E-state index < -0.39 is 17.7 Å². The van der Waals surface area contributed by atoms with E-state index in [4.69, 9.17) is 9.47 Å². The second-order valence-electron chi connectivity index (χ2n) is 7.27. The molecule has 0 aromatic heterocycles. The summed E-state index contributed by atoms with van der Waals surface area (Å²) in [5, 5.41) is 11.0. The van der Waals surface area contributed by atoms with Gasteiger partial charge in [0.2, 0.25) is 0 Å². The van der Waals surface area contributed by atoms with Gasteiger partial charge in [0, 0.05) is 24.2 Å². The van der Waals surface area contributed by atoms with E-state index in [0.29, 0.717) is 35.7 Å². The first kappa shape index (κ1) is 21.4. The van der Waals surface area contributed by atoms with Gasteiger partial charge in [-0.15, -0.1) is 0 Å². The maximum absolute atomic E-state index is 13.0. The third-order valence-corrected chi connectivity index (χ3v) is 5.11. The summed E-state index contributed by atoms with van der Waals surface area (Å²) in [6.45, 7) is 0.870.